The second-order valence-electron chi connectivity index (χ2n) is 6.98. The van der Waals surface area contributed by atoms with Gasteiger partial charge < -0.3 is 24.1 Å². The first-order chi connectivity index (χ1) is 13.9. The summed E-state index contributed by atoms with van der Waals surface area (Å²) < 4.78 is 22.6. The maximum atomic E-state index is 11.4. The van der Waals surface area contributed by atoms with Crippen LogP contribution in [0.5, 0.6) is 23.0 Å². The molecule has 7 heteroatoms. The summed E-state index contributed by atoms with van der Waals surface area (Å²) in [7, 11) is 0. The zero-order valence-corrected chi connectivity index (χ0v) is 17.3. The van der Waals surface area contributed by atoms with Crippen molar-refractivity contribution in [1.82, 2.24) is 0 Å². The predicted octanol–water partition coefficient (Wildman–Crippen LogP) is 4.75. The minimum absolute atomic E-state index is 0.445. The van der Waals surface area contributed by atoms with Gasteiger partial charge in [-0.1, -0.05) is 17.7 Å². The van der Waals surface area contributed by atoms with Gasteiger partial charge in [0.2, 0.25) is 5.60 Å². The normalized spacial score (nSPS) is 17.8. The molecule has 0 fully saturated rings. The molecule has 2 aromatic carbocycles. The Bertz CT molecular complexity index is 868. The lowest BCUT2D eigenvalue weighted by atomic mass is 9.93. The molecule has 0 bridgehead atoms. The highest BCUT2D eigenvalue weighted by Crippen LogP contribution is 2.36. The van der Waals surface area contributed by atoms with Crippen molar-refractivity contribution in [2.45, 2.75) is 38.7 Å². The standard InChI is InChI=1S/C22H25ClO6/c1-3-26-16-7-8-19(18(23)13-16)28-12-4-11-27-17-6-5-15-9-10-22(2,21(24)25)29-20(15)14-17/h5-8,13-14H,3-4,9-12H2,1-2H3,(H,24,25)/t22-/m0/s1. The number of carboxylic acid groups (broad SMARTS) is 1. The Morgan fingerprint density at radius 3 is 2.59 bits per heavy atom. The molecule has 1 N–H and O–H groups in total. The monoisotopic (exact) mass is 420 g/mol. The molecule has 2 aromatic rings. The number of carboxylic acids is 1. The maximum absolute atomic E-state index is 11.4. The molecule has 1 heterocycles. The van der Waals surface area contributed by atoms with Gasteiger partial charge >= 0.3 is 5.97 Å². The van der Waals surface area contributed by atoms with Gasteiger partial charge in [-0.3, -0.25) is 0 Å². The molecule has 0 radical (unpaired) electrons. The smallest absolute Gasteiger partial charge is 0.347 e. The molecule has 29 heavy (non-hydrogen) atoms. The van der Waals surface area contributed by atoms with Crippen LogP contribution in [-0.2, 0) is 11.2 Å². The lowest BCUT2D eigenvalue weighted by molar-refractivity contribution is -0.155. The number of aryl methyl sites for hydroxylation is 1. The summed E-state index contributed by atoms with van der Waals surface area (Å²) in [4.78, 5) is 11.4. The van der Waals surface area contributed by atoms with Crippen LogP contribution in [0, 0.1) is 0 Å². The maximum Gasteiger partial charge on any atom is 0.347 e. The van der Waals surface area contributed by atoms with E-state index in [1.165, 1.54) is 0 Å². The second kappa shape index (κ2) is 9.27. The summed E-state index contributed by atoms with van der Waals surface area (Å²) in [6, 6.07) is 10.9. The van der Waals surface area contributed by atoms with E-state index in [-0.39, 0.29) is 0 Å². The van der Waals surface area contributed by atoms with Gasteiger partial charge in [0.25, 0.3) is 0 Å². The van der Waals surface area contributed by atoms with Crippen molar-refractivity contribution in [3.63, 3.8) is 0 Å². The minimum atomic E-state index is -1.20. The third-order valence-corrected chi connectivity index (χ3v) is 5.02. The first-order valence-electron chi connectivity index (χ1n) is 9.64. The largest absolute Gasteiger partial charge is 0.494 e. The van der Waals surface area contributed by atoms with Crippen molar-refractivity contribution >= 4 is 17.6 Å². The number of hydrogen-bond donors (Lipinski definition) is 1. The molecule has 1 aliphatic heterocycles. The SMILES string of the molecule is CCOc1ccc(OCCCOc2ccc3c(c2)O[C@](C)(C(=O)O)CC3)c(Cl)c1. The average molecular weight is 421 g/mol. The van der Waals surface area contributed by atoms with Crippen molar-refractivity contribution in [3.8, 4) is 23.0 Å². The molecule has 156 valence electrons. The van der Waals surface area contributed by atoms with Gasteiger partial charge in [0.05, 0.1) is 24.8 Å². The van der Waals surface area contributed by atoms with Crippen LogP contribution in [-0.4, -0.2) is 36.5 Å². The molecule has 1 atom stereocenters. The number of halogens is 1. The third kappa shape index (κ3) is 5.26. The summed E-state index contributed by atoms with van der Waals surface area (Å²) in [6.07, 6.45) is 1.77. The van der Waals surface area contributed by atoms with Crippen molar-refractivity contribution in [2.75, 3.05) is 19.8 Å². The van der Waals surface area contributed by atoms with E-state index in [9.17, 15) is 9.90 Å². The molecule has 0 unspecified atom stereocenters. The van der Waals surface area contributed by atoms with E-state index in [0.717, 1.165) is 5.56 Å². The number of benzene rings is 2. The summed E-state index contributed by atoms with van der Waals surface area (Å²) in [5.74, 6) is 1.56. The quantitative estimate of drug-likeness (QED) is 0.590. The molecule has 0 saturated carbocycles. The number of hydrogen-bond acceptors (Lipinski definition) is 5. The molecule has 6 nitrogen and oxygen atoms in total. The molecular formula is C22H25ClO6. The molecule has 3 rings (SSSR count). The van der Waals surface area contributed by atoms with Gasteiger partial charge in [-0.25, -0.2) is 4.79 Å². The van der Waals surface area contributed by atoms with Crippen molar-refractivity contribution in [1.29, 1.82) is 0 Å². The average Bonchev–Trinajstić information content (AvgIpc) is 2.69. The number of carbonyl (C=O) groups is 1. The van der Waals surface area contributed by atoms with Crippen LogP contribution in [0.15, 0.2) is 36.4 Å². The van der Waals surface area contributed by atoms with Crippen LogP contribution >= 0.6 is 11.6 Å². The Labute approximate surface area is 175 Å². The Hall–Kier alpha value is -2.60. The van der Waals surface area contributed by atoms with Crippen molar-refractivity contribution < 1.29 is 28.8 Å². The van der Waals surface area contributed by atoms with Crippen LogP contribution in [0.1, 0.15) is 32.3 Å². The lowest BCUT2D eigenvalue weighted by Crippen LogP contribution is -2.44. The molecule has 0 amide bonds. The van der Waals surface area contributed by atoms with Crippen LogP contribution in [0.3, 0.4) is 0 Å². The van der Waals surface area contributed by atoms with Crippen LogP contribution in [0.25, 0.3) is 0 Å². The first-order valence-corrected chi connectivity index (χ1v) is 10.0. The topological polar surface area (TPSA) is 74.2 Å². The van der Waals surface area contributed by atoms with E-state index >= 15 is 0 Å². The second-order valence-corrected chi connectivity index (χ2v) is 7.39. The fourth-order valence-corrected chi connectivity index (χ4v) is 3.25. The zero-order valence-electron chi connectivity index (χ0n) is 16.6. The molecule has 0 aromatic heterocycles. The highest BCUT2D eigenvalue weighted by molar-refractivity contribution is 6.32. The van der Waals surface area contributed by atoms with E-state index in [2.05, 4.69) is 0 Å². The highest BCUT2D eigenvalue weighted by Gasteiger charge is 2.39. The Kier molecular flexibility index (Phi) is 6.75. The summed E-state index contributed by atoms with van der Waals surface area (Å²) in [5, 5.41) is 9.87. The summed E-state index contributed by atoms with van der Waals surface area (Å²) >= 11 is 6.19. The van der Waals surface area contributed by atoms with Crippen LogP contribution < -0.4 is 18.9 Å². The third-order valence-electron chi connectivity index (χ3n) is 4.73. The first kappa shape index (κ1) is 21.1. The molecule has 0 spiro atoms. The lowest BCUT2D eigenvalue weighted by Gasteiger charge is -2.32. The number of ether oxygens (including phenoxy) is 4. The van der Waals surface area contributed by atoms with Gasteiger partial charge in [0, 0.05) is 25.0 Å². The highest BCUT2D eigenvalue weighted by atomic mass is 35.5. The number of rotatable bonds is 9. The Morgan fingerprint density at radius 1 is 1.14 bits per heavy atom. The Morgan fingerprint density at radius 2 is 1.86 bits per heavy atom. The Balaban J connectivity index is 1.47. The fraction of sp³-hybridized carbons (Fsp3) is 0.409. The zero-order chi connectivity index (χ0) is 20.9. The molecule has 1 aliphatic rings. The van der Waals surface area contributed by atoms with E-state index < -0.39 is 11.6 Å². The van der Waals surface area contributed by atoms with Crippen LogP contribution in [0.4, 0.5) is 0 Å². The van der Waals surface area contributed by atoms with Gasteiger partial charge in [0.15, 0.2) is 0 Å². The van der Waals surface area contributed by atoms with E-state index in [4.69, 9.17) is 30.5 Å². The minimum Gasteiger partial charge on any atom is -0.494 e. The predicted molar refractivity (Wildman–Crippen MR) is 110 cm³/mol. The van der Waals surface area contributed by atoms with Crippen LogP contribution in [0.2, 0.25) is 5.02 Å². The molecule has 0 aliphatic carbocycles. The number of fused-ring (bicyclic) bond motifs is 1. The fourth-order valence-electron chi connectivity index (χ4n) is 3.03. The van der Waals surface area contributed by atoms with E-state index in [1.54, 1.807) is 25.1 Å². The summed E-state index contributed by atoms with van der Waals surface area (Å²) in [5.41, 5.74) is -0.208. The number of aliphatic carboxylic acids is 1. The van der Waals surface area contributed by atoms with Gasteiger partial charge in [-0.2, -0.15) is 0 Å². The van der Waals surface area contributed by atoms with Gasteiger partial charge in [0.1, 0.15) is 23.0 Å². The molecule has 0 saturated heterocycles. The van der Waals surface area contributed by atoms with Gasteiger partial charge in [-0.15, -0.1) is 0 Å². The van der Waals surface area contributed by atoms with E-state index in [0.29, 0.717) is 67.1 Å². The van der Waals surface area contributed by atoms with Gasteiger partial charge in [-0.05, 0) is 44.0 Å². The summed E-state index contributed by atoms with van der Waals surface area (Å²) in [6.45, 7) is 4.99. The van der Waals surface area contributed by atoms with Crippen molar-refractivity contribution in [2.24, 2.45) is 0 Å². The van der Waals surface area contributed by atoms with Crippen molar-refractivity contribution in [3.05, 3.63) is 47.0 Å². The van der Waals surface area contributed by atoms with E-state index in [1.807, 2.05) is 25.1 Å². The molecular weight excluding hydrogens is 396 g/mol.